The molecule has 0 aromatic rings. The molecular weight excluding hydrogens is 176 g/mol. The second-order valence-electron chi connectivity index (χ2n) is 2.45. The Bertz CT molecular complexity index is 336. The molecule has 0 aliphatic heterocycles. The quantitative estimate of drug-likeness (QED) is 0.457. The van der Waals surface area contributed by atoms with Gasteiger partial charge in [-0.3, -0.25) is 9.59 Å². The maximum atomic E-state index is 11.1. The number of carbonyl (C=O) groups excluding carboxylic acids is 1. The fourth-order valence-electron chi connectivity index (χ4n) is 0.971. The van der Waals surface area contributed by atoms with Crippen molar-refractivity contribution in [2.75, 3.05) is 0 Å². The van der Waals surface area contributed by atoms with E-state index in [4.69, 9.17) is 10.2 Å². The van der Waals surface area contributed by atoms with E-state index in [1.165, 1.54) is 6.08 Å². The van der Waals surface area contributed by atoms with Gasteiger partial charge in [-0.2, -0.15) is 0 Å². The van der Waals surface area contributed by atoms with Crippen molar-refractivity contribution in [3.8, 4) is 0 Å². The van der Waals surface area contributed by atoms with Gasteiger partial charge in [-0.15, -0.1) is 0 Å². The molecule has 0 aromatic heterocycles. The van der Waals surface area contributed by atoms with Gasteiger partial charge in [0, 0.05) is 0 Å². The number of ketones is 1. The summed E-state index contributed by atoms with van der Waals surface area (Å²) in [5.41, 5.74) is -0.491. The third-order valence-electron chi connectivity index (χ3n) is 1.61. The van der Waals surface area contributed by atoms with Crippen molar-refractivity contribution in [1.29, 1.82) is 0 Å². The number of carboxylic acids is 2. The van der Waals surface area contributed by atoms with Crippen LogP contribution in [0.2, 0.25) is 0 Å². The predicted molar refractivity (Wildman–Crippen MR) is 41.0 cm³/mol. The molecule has 0 aromatic carbocycles. The van der Waals surface area contributed by atoms with Gasteiger partial charge in [-0.1, -0.05) is 12.2 Å². The first-order valence-corrected chi connectivity index (χ1v) is 3.43. The molecule has 0 saturated carbocycles. The van der Waals surface area contributed by atoms with Crippen LogP contribution in [-0.2, 0) is 14.4 Å². The summed E-state index contributed by atoms with van der Waals surface area (Å²) in [5, 5.41) is 17.0. The third kappa shape index (κ3) is 1.64. The van der Waals surface area contributed by atoms with E-state index in [1.54, 1.807) is 0 Å². The Kier molecular flexibility index (Phi) is 2.27. The maximum Gasteiger partial charge on any atom is 0.339 e. The molecule has 1 rings (SSSR count). The fourth-order valence-corrected chi connectivity index (χ4v) is 0.971. The molecule has 68 valence electrons. The standard InChI is InChI=1S/C8H6O5/c9-6-4(7(10)11)2-1-3-5(6)8(12)13/h1-4H,(H,10,11)(H,12,13). The van der Waals surface area contributed by atoms with Crippen LogP contribution in [-0.4, -0.2) is 27.9 Å². The van der Waals surface area contributed by atoms with Crippen molar-refractivity contribution in [3.05, 3.63) is 23.8 Å². The number of carboxylic acid groups (broad SMARTS) is 2. The minimum absolute atomic E-state index is 0.491. The summed E-state index contributed by atoms with van der Waals surface area (Å²) in [7, 11) is 0. The van der Waals surface area contributed by atoms with Crippen LogP contribution >= 0.6 is 0 Å². The van der Waals surface area contributed by atoms with Gasteiger partial charge >= 0.3 is 11.9 Å². The highest BCUT2D eigenvalue weighted by Gasteiger charge is 2.31. The van der Waals surface area contributed by atoms with Crippen molar-refractivity contribution < 1.29 is 24.6 Å². The number of Topliss-reactive ketones (excluding diaryl/α,β-unsaturated/α-hetero) is 1. The molecule has 0 heterocycles. The summed E-state index contributed by atoms with van der Waals surface area (Å²) in [6, 6.07) is 0. The SMILES string of the molecule is O=C(O)C1=CC=CC(C(=O)O)C1=O. The minimum Gasteiger partial charge on any atom is -0.480 e. The summed E-state index contributed by atoms with van der Waals surface area (Å²) in [5.74, 6) is -4.99. The van der Waals surface area contributed by atoms with E-state index < -0.39 is 29.2 Å². The Hall–Kier alpha value is -1.91. The second kappa shape index (κ2) is 3.22. The van der Waals surface area contributed by atoms with Crippen molar-refractivity contribution >= 4 is 17.7 Å². The van der Waals surface area contributed by atoms with E-state index in [2.05, 4.69) is 0 Å². The summed E-state index contributed by atoms with van der Waals surface area (Å²) in [6.45, 7) is 0. The van der Waals surface area contributed by atoms with Crippen LogP contribution in [0.25, 0.3) is 0 Å². The fraction of sp³-hybridized carbons (Fsp3) is 0.125. The van der Waals surface area contributed by atoms with Crippen molar-refractivity contribution in [1.82, 2.24) is 0 Å². The van der Waals surface area contributed by atoms with Gasteiger partial charge < -0.3 is 10.2 Å². The molecule has 0 radical (unpaired) electrons. The lowest BCUT2D eigenvalue weighted by Gasteiger charge is -2.09. The number of carbonyl (C=O) groups is 3. The largest absolute Gasteiger partial charge is 0.480 e. The average Bonchev–Trinajstić information content (AvgIpc) is 2.03. The van der Waals surface area contributed by atoms with Gasteiger partial charge in [0.25, 0.3) is 0 Å². The second-order valence-corrected chi connectivity index (χ2v) is 2.45. The lowest BCUT2D eigenvalue weighted by Crippen LogP contribution is -2.28. The number of aliphatic carboxylic acids is 2. The molecule has 1 atom stereocenters. The molecule has 0 bridgehead atoms. The zero-order valence-corrected chi connectivity index (χ0v) is 6.43. The first kappa shape index (κ1) is 9.18. The van der Waals surface area contributed by atoms with E-state index in [1.807, 2.05) is 0 Å². The number of allylic oxidation sites excluding steroid dienone is 2. The molecule has 1 aliphatic carbocycles. The lowest BCUT2D eigenvalue weighted by molar-refractivity contribution is -0.143. The summed E-state index contributed by atoms with van der Waals surface area (Å²) >= 11 is 0. The number of rotatable bonds is 2. The van der Waals surface area contributed by atoms with Crippen molar-refractivity contribution in [3.63, 3.8) is 0 Å². The van der Waals surface area contributed by atoms with Crippen molar-refractivity contribution in [2.24, 2.45) is 5.92 Å². The minimum atomic E-state index is -1.40. The third-order valence-corrected chi connectivity index (χ3v) is 1.61. The van der Waals surface area contributed by atoms with Gasteiger partial charge in [-0.05, 0) is 6.08 Å². The molecule has 0 fully saturated rings. The van der Waals surface area contributed by atoms with Gasteiger partial charge in [-0.25, -0.2) is 4.79 Å². The Balaban J connectivity index is 3.00. The Labute approximate surface area is 73.0 Å². The first-order valence-electron chi connectivity index (χ1n) is 3.43. The van der Waals surface area contributed by atoms with E-state index in [-0.39, 0.29) is 0 Å². The zero-order chi connectivity index (χ0) is 10.0. The lowest BCUT2D eigenvalue weighted by atomic mass is 9.93. The highest BCUT2D eigenvalue weighted by Crippen LogP contribution is 2.14. The highest BCUT2D eigenvalue weighted by molar-refractivity contribution is 6.23. The molecular formula is C8H6O5. The van der Waals surface area contributed by atoms with Gasteiger partial charge in [0.2, 0.25) is 0 Å². The average molecular weight is 182 g/mol. The van der Waals surface area contributed by atoms with Crippen LogP contribution in [0.15, 0.2) is 23.8 Å². The van der Waals surface area contributed by atoms with Crippen LogP contribution in [0.3, 0.4) is 0 Å². The van der Waals surface area contributed by atoms with E-state index in [0.29, 0.717) is 0 Å². The predicted octanol–water partition coefficient (Wildman–Crippen LogP) is -0.163. The summed E-state index contributed by atoms with van der Waals surface area (Å²) in [4.78, 5) is 32.0. The monoisotopic (exact) mass is 182 g/mol. The molecule has 13 heavy (non-hydrogen) atoms. The molecule has 2 N–H and O–H groups in total. The van der Waals surface area contributed by atoms with Crippen LogP contribution in [0.4, 0.5) is 0 Å². The summed E-state index contributed by atoms with van der Waals surface area (Å²) < 4.78 is 0. The Morgan fingerprint density at radius 3 is 2.38 bits per heavy atom. The topological polar surface area (TPSA) is 91.7 Å². The molecule has 0 spiro atoms. The molecule has 5 nitrogen and oxygen atoms in total. The van der Waals surface area contributed by atoms with Crippen LogP contribution in [0.1, 0.15) is 0 Å². The van der Waals surface area contributed by atoms with E-state index >= 15 is 0 Å². The highest BCUT2D eigenvalue weighted by atomic mass is 16.4. The van der Waals surface area contributed by atoms with E-state index in [9.17, 15) is 14.4 Å². The van der Waals surface area contributed by atoms with Gasteiger partial charge in [0.1, 0.15) is 11.5 Å². The zero-order valence-electron chi connectivity index (χ0n) is 6.43. The summed E-state index contributed by atoms with van der Waals surface area (Å²) in [6.07, 6.45) is 3.49. The maximum absolute atomic E-state index is 11.1. The Morgan fingerprint density at radius 1 is 1.31 bits per heavy atom. The number of hydrogen-bond acceptors (Lipinski definition) is 3. The molecule has 1 unspecified atom stereocenters. The normalized spacial score (nSPS) is 21.1. The van der Waals surface area contributed by atoms with Crippen LogP contribution in [0, 0.1) is 5.92 Å². The van der Waals surface area contributed by atoms with Crippen LogP contribution < -0.4 is 0 Å². The molecule has 1 aliphatic rings. The molecule has 0 amide bonds. The van der Waals surface area contributed by atoms with Crippen LogP contribution in [0.5, 0.6) is 0 Å². The molecule has 5 heteroatoms. The van der Waals surface area contributed by atoms with Gasteiger partial charge in [0.15, 0.2) is 5.78 Å². The first-order chi connectivity index (χ1) is 6.04. The molecule has 0 saturated heterocycles. The van der Waals surface area contributed by atoms with E-state index in [0.717, 1.165) is 12.2 Å². The Morgan fingerprint density at radius 2 is 1.92 bits per heavy atom. The van der Waals surface area contributed by atoms with Crippen molar-refractivity contribution in [2.45, 2.75) is 0 Å². The smallest absolute Gasteiger partial charge is 0.339 e. The number of hydrogen-bond donors (Lipinski definition) is 2. The van der Waals surface area contributed by atoms with Gasteiger partial charge in [0.05, 0.1) is 0 Å².